The van der Waals surface area contributed by atoms with Crippen LogP contribution in [0, 0.1) is 0 Å². The zero-order chi connectivity index (χ0) is 18.0. The molecule has 1 atom stereocenters. The van der Waals surface area contributed by atoms with Gasteiger partial charge in [0, 0.05) is 38.1 Å². The molecule has 0 saturated carbocycles. The second-order valence-electron chi connectivity index (χ2n) is 7.18. The zero-order valence-corrected chi connectivity index (χ0v) is 15.2. The van der Waals surface area contributed by atoms with Gasteiger partial charge in [0.15, 0.2) is 0 Å². The van der Waals surface area contributed by atoms with E-state index in [-0.39, 0.29) is 11.9 Å². The molecule has 0 bridgehead atoms. The lowest BCUT2D eigenvalue weighted by molar-refractivity contribution is -0.128. The predicted molar refractivity (Wildman–Crippen MR) is 92.0 cm³/mol. The molecule has 3 heterocycles. The summed E-state index contributed by atoms with van der Waals surface area (Å²) in [6, 6.07) is 0.0809. The van der Waals surface area contributed by atoms with E-state index in [9.17, 15) is 9.59 Å². The summed E-state index contributed by atoms with van der Waals surface area (Å²) < 4.78 is 5.77. The van der Waals surface area contributed by atoms with Gasteiger partial charge in [-0.05, 0) is 13.5 Å². The van der Waals surface area contributed by atoms with Crippen molar-refractivity contribution in [3.05, 3.63) is 17.8 Å². The first-order valence-electron chi connectivity index (χ1n) is 8.89. The number of hydrogen-bond donors (Lipinski definition) is 1. The van der Waals surface area contributed by atoms with Crippen molar-refractivity contribution in [1.29, 1.82) is 0 Å². The smallest absolute Gasteiger partial charge is 0.324 e. The highest BCUT2D eigenvalue weighted by Gasteiger charge is 2.31. The van der Waals surface area contributed by atoms with Gasteiger partial charge in [-0.25, -0.2) is 9.78 Å². The molecule has 2 fully saturated rings. The van der Waals surface area contributed by atoms with E-state index in [0.29, 0.717) is 38.1 Å². The van der Waals surface area contributed by atoms with E-state index in [0.717, 1.165) is 31.2 Å². The van der Waals surface area contributed by atoms with Crippen LogP contribution in [0.3, 0.4) is 0 Å². The maximum atomic E-state index is 12.2. The van der Waals surface area contributed by atoms with E-state index >= 15 is 0 Å². The van der Waals surface area contributed by atoms with Gasteiger partial charge in [0.25, 0.3) is 0 Å². The van der Waals surface area contributed by atoms with E-state index < -0.39 is 0 Å². The van der Waals surface area contributed by atoms with Crippen LogP contribution in [-0.2, 0) is 11.3 Å². The summed E-state index contributed by atoms with van der Waals surface area (Å²) in [5.41, 5.74) is 0. The molecule has 0 aromatic carbocycles. The number of imide groups is 1. The van der Waals surface area contributed by atoms with Crippen LogP contribution in [0.15, 0.2) is 10.6 Å². The zero-order valence-electron chi connectivity index (χ0n) is 15.2. The topological polar surface area (TPSA) is 81.9 Å². The lowest BCUT2D eigenvalue weighted by atomic mass is 10.2. The third-order valence-corrected chi connectivity index (χ3v) is 4.91. The maximum Gasteiger partial charge on any atom is 0.324 e. The first-order valence-corrected chi connectivity index (χ1v) is 8.89. The first kappa shape index (κ1) is 17.9. The Morgan fingerprint density at radius 2 is 2.28 bits per heavy atom. The van der Waals surface area contributed by atoms with Crippen LogP contribution in [0.4, 0.5) is 4.79 Å². The summed E-state index contributed by atoms with van der Waals surface area (Å²) in [6.45, 7) is 7.82. The molecule has 1 aromatic heterocycles. The summed E-state index contributed by atoms with van der Waals surface area (Å²) >= 11 is 0. The molecule has 3 rings (SSSR count). The minimum atomic E-state index is -0.275. The molecule has 2 aliphatic rings. The van der Waals surface area contributed by atoms with Crippen LogP contribution >= 0.6 is 0 Å². The Labute approximate surface area is 148 Å². The van der Waals surface area contributed by atoms with E-state index in [1.54, 1.807) is 6.20 Å². The number of likely N-dealkylation sites (tertiary alicyclic amines) is 1. The van der Waals surface area contributed by atoms with E-state index in [2.05, 4.69) is 41.0 Å². The quantitative estimate of drug-likeness (QED) is 0.820. The van der Waals surface area contributed by atoms with E-state index in [4.69, 9.17) is 4.42 Å². The third-order valence-electron chi connectivity index (χ3n) is 4.91. The number of carbonyl (C=O) groups excluding carboxylic acids is 2. The average molecular weight is 349 g/mol. The molecule has 2 aliphatic heterocycles. The number of nitrogens with one attached hydrogen (secondary N) is 1. The van der Waals surface area contributed by atoms with Gasteiger partial charge in [-0.3, -0.25) is 19.5 Å². The van der Waals surface area contributed by atoms with Crippen LogP contribution in [0.25, 0.3) is 0 Å². The summed E-state index contributed by atoms with van der Waals surface area (Å²) in [6.07, 6.45) is 2.79. The van der Waals surface area contributed by atoms with Gasteiger partial charge >= 0.3 is 6.03 Å². The molecule has 8 heteroatoms. The normalized spacial score (nSPS) is 21.6. The Morgan fingerprint density at radius 3 is 2.92 bits per heavy atom. The highest BCUT2D eigenvalue weighted by atomic mass is 16.4. The molecule has 1 aromatic rings. The molecular formula is C17H27N5O3. The highest BCUT2D eigenvalue weighted by Crippen LogP contribution is 2.19. The van der Waals surface area contributed by atoms with Crippen LogP contribution < -0.4 is 5.32 Å². The molecule has 0 aliphatic carbocycles. The minimum absolute atomic E-state index is 0.118. The number of amides is 3. The van der Waals surface area contributed by atoms with Crippen molar-refractivity contribution in [3.63, 3.8) is 0 Å². The van der Waals surface area contributed by atoms with Gasteiger partial charge in [0.1, 0.15) is 5.76 Å². The summed E-state index contributed by atoms with van der Waals surface area (Å²) in [4.78, 5) is 33.8. The number of rotatable bonds is 6. The average Bonchev–Trinajstić information content (AvgIpc) is 3.27. The number of oxazole rings is 1. The fraction of sp³-hybridized carbons (Fsp3) is 0.706. The lowest BCUT2D eigenvalue weighted by Crippen LogP contribution is -2.42. The van der Waals surface area contributed by atoms with E-state index in [1.807, 2.05) is 0 Å². The molecule has 0 spiro atoms. The summed E-state index contributed by atoms with van der Waals surface area (Å²) in [5, 5.41) is 2.66. The van der Waals surface area contributed by atoms with Crippen LogP contribution in [-0.4, -0.2) is 77.4 Å². The number of carbonyl (C=O) groups is 2. The predicted octanol–water partition coefficient (Wildman–Crippen LogP) is 0.856. The molecule has 0 radical (unpaired) electrons. The molecule has 3 amide bonds. The lowest BCUT2D eigenvalue weighted by Gasteiger charge is -2.23. The molecule has 1 N–H and O–H groups in total. The Balaban J connectivity index is 1.48. The molecular weight excluding hydrogens is 322 g/mol. The molecule has 8 nitrogen and oxygen atoms in total. The largest absolute Gasteiger partial charge is 0.444 e. The van der Waals surface area contributed by atoms with E-state index in [1.165, 1.54) is 4.90 Å². The van der Waals surface area contributed by atoms with Crippen molar-refractivity contribution in [2.24, 2.45) is 0 Å². The van der Waals surface area contributed by atoms with Crippen LogP contribution in [0.2, 0.25) is 0 Å². The maximum absolute atomic E-state index is 12.2. The molecule has 25 heavy (non-hydrogen) atoms. The van der Waals surface area contributed by atoms with Crippen molar-refractivity contribution in [1.82, 2.24) is 25.0 Å². The van der Waals surface area contributed by atoms with Crippen molar-refractivity contribution in [2.45, 2.75) is 38.8 Å². The number of aromatic nitrogens is 1. The minimum Gasteiger partial charge on any atom is -0.444 e. The Hall–Kier alpha value is -1.93. The van der Waals surface area contributed by atoms with Crippen molar-refractivity contribution in [2.75, 3.05) is 39.8 Å². The number of hydrogen-bond acceptors (Lipinski definition) is 6. The molecule has 0 unspecified atom stereocenters. The van der Waals surface area contributed by atoms with Gasteiger partial charge < -0.3 is 9.73 Å². The SMILES string of the molecule is CC(C)c1cnc(CN(C)[C@@H]2CCN(CC(=O)N3CCNC3=O)C2)o1. The van der Waals surface area contributed by atoms with Gasteiger partial charge in [-0.2, -0.15) is 0 Å². The highest BCUT2D eigenvalue weighted by molar-refractivity contribution is 5.96. The first-order chi connectivity index (χ1) is 11.9. The molecule has 2 saturated heterocycles. The van der Waals surface area contributed by atoms with Gasteiger partial charge in [-0.1, -0.05) is 13.8 Å². The fourth-order valence-corrected chi connectivity index (χ4v) is 3.31. The second kappa shape index (κ2) is 7.53. The number of nitrogens with zero attached hydrogens (tertiary/aromatic N) is 4. The fourth-order valence-electron chi connectivity index (χ4n) is 3.31. The summed E-state index contributed by atoms with van der Waals surface area (Å²) in [7, 11) is 2.06. The Bertz CT molecular complexity index is 630. The number of likely N-dealkylation sites (N-methyl/N-ethyl adjacent to an activating group) is 1. The standard InChI is InChI=1S/C17H27N5O3/c1-12(2)14-8-19-15(25-14)10-20(3)13-4-6-21(9-13)11-16(23)22-7-5-18-17(22)24/h8,12-13H,4-7,9-11H2,1-3H3,(H,18,24)/t13-/m1/s1. The summed E-state index contributed by atoms with van der Waals surface area (Å²) in [5.74, 6) is 1.86. The Kier molecular flexibility index (Phi) is 5.39. The molecule has 138 valence electrons. The number of urea groups is 1. The van der Waals surface area contributed by atoms with Crippen molar-refractivity contribution in [3.8, 4) is 0 Å². The van der Waals surface area contributed by atoms with Crippen LogP contribution in [0.5, 0.6) is 0 Å². The van der Waals surface area contributed by atoms with Crippen molar-refractivity contribution >= 4 is 11.9 Å². The van der Waals surface area contributed by atoms with Gasteiger partial charge in [0.05, 0.1) is 19.3 Å². The second-order valence-corrected chi connectivity index (χ2v) is 7.18. The van der Waals surface area contributed by atoms with Gasteiger partial charge in [0.2, 0.25) is 11.8 Å². The van der Waals surface area contributed by atoms with Crippen molar-refractivity contribution < 1.29 is 14.0 Å². The Morgan fingerprint density at radius 1 is 1.48 bits per heavy atom. The van der Waals surface area contributed by atoms with Crippen LogP contribution in [0.1, 0.15) is 37.8 Å². The van der Waals surface area contributed by atoms with Gasteiger partial charge in [-0.15, -0.1) is 0 Å². The third kappa shape index (κ3) is 4.19. The monoisotopic (exact) mass is 349 g/mol.